The van der Waals surface area contributed by atoms with E-state index in [1.165, 1.54) is 19.3 Å². The van der Waals surface area contributed by atoms with Crippen molar-refractivity contribution in [3.05, 3.63) is 0 Å². The lowest BCUT2D eigenvalue weighted by molar-refractivity contribution is 0.269. The normalized spacial score (nSPS) is 9.75. The Hall–Kier alpha value is -0.570. The predicted octanol–water partition coefficient (Wildman–Crippen LogP) is 1.24. The second-order valence-electron chi connectivity index (χ2n) is 2.74. The fourth-order valence-electron chi connectivity index (χ4n) is 0.893. The minimum atomic E-state index is 0.499. The van der Waals surface area contributed by atoms with Gasteiger partial charge < -0.3 is 10.1 Å². The van der Waals surface area contributed by atoms with E-state index in [0.717, 1.165) is 25.9 Å². The standard InChI is InChI=1S/C9H18NO2/c1-2-3-6-10-7-4-5-8-12-9-11/h10H,2-8H2,1H3. The molecule has 0 aromatic carbocycles. The summed E-state index contributed by atoms with van der Waals surface area (Å²) in [5.41, 5.74) is 0. The Morgan fingerprint density at radius 2 is 2.00 bits per heavy atom. The third-order valence-electron chi connectivity index (χ3n) is 1.62. The van der Waals surface area contributed by atoms with E-state index in [2.05, 4.69) is 17.0 Å². The van der Waals surface area contributed by atoms with Gasteiger partial charge in [-0.1, -0.05) is 13.3 Å². The summed E-state index contributed by atoms with van der Waals surface area (Å²) < 4.78 is 4.43. The van der Waals surface area contributed by atoms with Gasteiger partial charge in [-0.3, -0.25) is 0 Å². The maximum atomic E-state index is 9.62. The van der Waals surface area contributed by atoms with Gasteiger partial charge in [0.15, 0.2) is 0 Å². The van der Waals surface area contributed by atoms with E-state index in [1.807, 2.05) is 0 Å². The van der Waals surface area contributed by atoms with Gasteiger partial charge in [-0.05, 0) is 32.4 Å². The highest BCUT2D eigenvalue weighted by Crippen LogP contribution is 1.88. The zero-order valence-electron chi connectivity index (χ0n) is 7.77. The minimum absolute atomic E-state index is 0.499. The molecule has 0 rings (SSSR count). The monoisotopic (exact) mass is 172 g/mol. The molecule has 0 saturated heterocycles. The molecule has 0 spiro atoms. The molecule has 0 aromatic rings. The summed E-state index contributed by atoms with van der Waals surface area (Å²) in [6.07, 6.45) is 4.45. The fourth-order valence-corrected chi connectivity index (χ4v) is 0.893. The molecule has 0 atom stereocenters. The van der Waals surface area contributed by atoms with E-state index >= 15 is 0 Å². The van der Waals surface area contributed by atoms with Crippen LogP contribution in [0.15, 0.2) is 0 Å². The minimum Gasteiger partial charge on any atom is -0.457 e. The number of nitrogens with one attached hydrogen (secondary N) is 1. The van der Waals surface area contributed by atoms with Gasteiger partial charge in [0.25, 0.3) is 0 Å². The fraction of sp³-hybridized carbons (Fsp3) is 0.889. The number of carbonyl (C=O) groups excluding carboxylic acids is 1. The van der Waals surface area contributed by atoms with Crippen LogP contribution in [0.25, 0.3) is 0 Å². The van der Waals surface area contributed by atoms with Crippen LogP contribution < -0.4 is 5.32 Å². The van der Waals surface area contributed by atoms with E-state index in [4.69, 9.17) is 0 Å². The Bertz CT molecular complexity index is 96.5. The number of unbranched alkanes of at least 4 members (excludes halogenated alkanes) is 2. The average Bonchev–Trinajstić information content (AvgIpc) is 2.10. The number of hydrogen-bond acceptors (Lipinski definition) is 3. The smallest absolute Gasteiger partial charge is 0.417 e. The third-order valence-corrected chi connectivity index (χ3v) is 1.62. The van der Waals surface area contributed by atoms with Crippen LogP contribution in [-0.4, -0.2) is 26.2 Å². The summed E-state index contributed by atoms with van der Waals surface area (Å²) in [7, 11) is 0. The summed E-state index contributed by atoms with van der Waals surface area (Å²) in [5, 5.41) is 3.31. The molecule has 3 heteroatoms. The van der Waals surface area contributed by atoms with Gasteiger partial charge in [-0.2, -0.15) is 0 Å². The highest BCUT2D eigenvalue weighted by molar-refractivity contribution is 5.37. The first-order valence-electron chi connectivity index (χ1n) is 4.61. The molecule has 0 unspecified atom stereocenters. The highest BCUT2D eigenvalue weighted by atomic mass is 16.5. The van der Waals surface area contributed by atoms with Gasteiger partial charge in [-0.15, -0.1) is 0 Å². The maximum Gasteiger partial charge on any atom is 0.417 e. The molecule has 0 aromatic heterocycles. The van der Waals surface area contributed by atoms with Crippen molar-refractivity contribution in [3.63, 3.8) is 0 Å². The quantitative estimate of drug-likeness (QED) is 0.532. The molecule has 0 aliphatic rings. The molecule has 0 aliphatic heterocycles. The van der Waals surface area contributed by atoms with Crippen LogP contribution in [0.1, 0.15) is 32.6 Å². The molecule has 1 radical (unpaired) electrons. The van der Waals surface area contributed by atoms with Crippen LogP contribution in [0.2, 0.25) is 0 Å². The van der Waals surface area contributed by atoms with Gasteiger partial charge in [0, 0.05) is 0 Å². The molecule has 1 N–H and O–H groups in total. The van der Waals surface area contributed by atoms with Crippen molar-refractivity contribution in [2.75, 3.05) is 19.7 Å². The Morgan fingerprint density at radius 3 is 2.67 bits per heavy atom. The Labute approximate surface area is 74.5 Å². The second kappa shape index (κ2) is 10.4. The molecule has 0 saturated carbocycles. The lowest BCUT2D eigenvalue weighted by Crippen LogP contribution is -2.16. The van der Waals surface area contributed by atoms with Crippen LogP contribution in [-0.2, 0) is 9.53 Å². The summed E-state index contributed by atoms with van der Waals surface area (Å²) in [6.45, 7) is 6.19. The maximum absolute atomic E-state index is 9.62. The summed E-state index contributed by atoms with van der Waals surface area (Å²) in [6, 6.07) is 0. The van der Waals surface area contributed by atoms with E-state index in [1.54, 1.807) is 0 Å². The van der Waals surface area contributed by atoms with Crippen LogP contribution in [0.4, 0.5) is 0 Å². The van der Waals surface area contributed by atoms with Crippen molar-refractivity contribution >= 4 is 6.47 Å². The van der Waals surface area contributed by atoms with Crippen LogP contribution in [0, 0.1) is 0 Å². The first-order chi connectivity index (χ1) is 5.91. The topological polar surface area (TPSA) is 38.3 Å². The first-order valence-corrected chi connectivity index (χ1v) is 4.61. The molecular formula is C9H18NO2. The van der Waals surface area contributed by atoms with E-state index in [9.17, 15) is 4.79 Å². The number of hydrogen-bond donors (Lipinski definition) is 1. The van der Waals surface area contributed by atoms with Crippen molar-refractivity contribution in [2.45, 2.75) is 32.6 Å². The Kier molecular flexibility index (Phi) is 9.93. The van der Waals surface area contributed by atoms with Crippen LogP contribution in [0.3, 0.4) is 0 Å². The van der Waals surface area contributed by atoms with E-state index < -0.39 is 0 Å². The molecule has 3 nitrogen and oxygen atoms in total. The van der Waals surface area contributed by atoms with Crippen molar-refractivity contribution in [2.24, 2.45) is 0 Å². The molecule has 0 amide bonds. The molecule has 12 heavy (non-hydrogen) atoms. The molecule has 71 valence electrons. The van der Waals surface area contributed by atoms with Crippen LogP contribution >= 0.6 is 0 Å². The zero-order chi connectivity index (χ0) is 9.07. The number of ether oxygens (including phenoxy) is 1. The van der Waals surface area contributed by atoms with Crippen molar-refractivity contribution in [1.29, 1.82) is 0 Å². The van der Waals surface area contributed by atoms with Gasteiger partial charge in [-0.25, -0.2) is 4.79 Å². The number of rotatable bonds is 9. The SMILES string of the molecule is CCCCNCCCCO[C]=O. The zero-order valence-corrected chi connectivity index (χ0v) is 7.77. The summed E-state index contributed by atoms with van der Waals surface area (Å²) in [5.74, 6) is 0. The van der Waals surface area contributed by atoms with Crippen molar-refractivity contribution in [1.82, 2.24) is 5.32 Å². The first kappa shape index (κ1) is 11.4. The van der Waals surface area contributed by atoms with Gasteiger partial charge in [0.2, 0.25) is 0 Å². The summed E-state index contributed by atoms with van der Waals surface area (Å²) in [4.78, 5) is 9.62. The molecule has 0 bridgehead atoms. The van der Waals surface area contributed by atoms with Crippen molar-refractivity contribution < 1.29 is 9.53 Å². The van der Waals surface area contributed by atoms with Crippen LogP contribution in [0.5, 0.6) is 0 Å². The van der Waals surface area contributed by atoms with Gasteiger partial charge >= 0.3 is 6.47 Å². The highest BCUT2D eigenvalue weighted by Gasteiger charge is 1.89. The average molecular weight is 172 g/mol. The van der Waals surface area contributed by atoms with Gasteiger partial charge in [0.05, 0.1) is 6.61 Å². The second-order valence-corrected chi connectivity index (χ2v) is 2.74. The van der Waals surface area contributed by atoms with Gasteiger partial charge in [0.1, 0.15) is 0 Å². The third kappa shape index (κ3) is 9.43. The summed E-state index contributed by atoms with van der Waals surface area (Å²) >= 11 is 0. The van der Waals surface area contributed by atoms with Crippen molar-refractivity contribution in [3.8, 4) is 0 Å². The molecule has 0 heterocycles. The van der Waals surface area contributed by atoms with E-state index in [0.29, 0.717) is 6.61 Å². The lowest BCUT2D eigenvalue weighted by Gasteiger charge is -2.02. The Morgan fingerprint density at radius 1 is 1.25 bits per heavy atom. The molecule has 0 aliphatic carbocycles. The molecular weight excluding hydrogens is 154 g/mol. The molecule has 0 fully saturated rings. The predicted molar refractivity (Wildman–Crippen MR) is 48.7 cm³/mol. The van der Waals surface area contributed by atoms with E-state index in [-0.39, 0.29) is 0 Å². The largest absolute Gasteiger partial charge is 0.457 e. The Balaban J connectivity index is 2.77. The lowest BCUT2D eigenvalue weighted by atomic mass is 10.3.